The molecule has 1 aliphatic carbocycles. The number of nitrogens with one attached hydrogen (secondary N) is 3. The summed E-state index contributed by atoms with van der Waals surface area (Å²) in [5, 5.41) is 9.45. The monoisotopic (exact) mass is 323 g/mol. The van der Waals surface area contributed by atoms with Gasteiger partial charge in [0.2, 0.25) is 0 Å². The van der Waals surface area contributed by atoms with Gasteiger partial charge in [0.05, 0.1) is 0 Å². The Morgan fingerprint density at radius 2 is 1.22 bits per heavy atom. The van der Waals surface area contributed by atoms with E-state index in [1.807, 2.05) is 0 Å². The molecule has 0 unspecified atom stereocenters. The summed E-state index contributed by atoms with van der Waals surface area (Å²) in [5.41, 5.74) is -0.0884. The minimum Gasteiger partial charge on any atom is -0.345 e. The van der Waals surface area contributed by atoms with Crippen LogP contribution in [0.1, 0.15) is 79.1 Å². The quantitative estimate of drug-likeness (QED) is 0.539. The molecular formula is C18H33N3O2. The van der Waals surface area contributed by atoms with Crippen LogP contribution in [0.5, 0.6) is 0 Å². The van der Waals surface area contributed by atoms with E-state index in [1.54, 1.807) is 0 Å². The molecule has 0 atom stereocenters. The number of piperidine rings is 1. The number of hydrogen-bond acceptors (Lipinski definition) is 3. The number of rotatable bonds is 2. The minimum absolute atomic E-state index is 0.0358. The molecular weight excluding hydrogens is 290 g/mol. The van der Waals surface area contributed by atoms with Crippen molar-refractivity contribution in [2.75, 3.05) is 0 Å². The van der Waals surface area contributed by atoms with E-state index < -0.39 is 11.8 Å². The molecule has 0 radical (unpaired) electrons. The average molecular weight is 323 g/mol. The first-order chi connectivity index (χ1) is 10.7. The molecule has 2 amide bonds. The first-order valence-corrected chi connectivity index (χ1v) is 9.08. The van der Waals surface area contributed by atoms with Gasteiger partial charge in [-0.05, 0) is 53.4 Å². The Hall–Kier alpha value is -1.10. The van der Waals surface area contributed by atoms with Gasteiger partial charge in [-0.25, -0.2) is 0 Å². The maximum Gasteiger partial charge on any atom is 0.309 e. The highest BCUT2D eigenvalue weighted by Crippen LogP contribution is 2.28. The van der Waals surface area contributed by atoms with Crippen LogP contribution in [0, 0.1) is 0 Å². The highest BCUT2D eigenvalue weighted by atomic mass is 16.2. The average Bonchev–Trinajstić information content (AvgIpc) is 2.63. The van der Waals surface area contributed by atoms with Gasteiger partial charge in [0, 0.05) is 23.2 Å². The van der Waals surface area contributed by atoms with Crippen molar-refractivity contribution in [1.82, 2.24) is 16.0 Å². The van der Waals surface area contributed by atoms with Crippen molar-refractivity contribution in [3.63, 3.8) is 0 Å². The van der Waals surface area contributed by atoms with Crippen LogP contribution in [0.2, 0.25) is 0 Å². The predicted molar refractivity (Wildman–Crippen MR) is 92.1 cm³/mol. The topological polar surface area (TPSA) is 70.2 Å². The molecule has 1 saturated carbocycles. The van der Waals surface area contributed by atoms with Crippen molar-refractivity contribution in [1.29, 1.82) is 0 Å². The van der Waals surface area contributed by atoms with Gasteiger partial charge in [0.15, 0.2) is 0 Å². The third-order valence-corrected chi connectivity index (χ3v) is 4.92. The maximum absolute atomic E-state index is 12.2. The summed E-state index contributed by atoms with van der Waals surface area (Å²) in [6.45, 7) is 8.55. The highest BCUT2D eigenvalue weighted by molar-refractivity contribution is 6.35. The number of hydrogen-bond donors (Lipinski definition) is 3. The smallest absolute Gasteiger partial charge is 0.309 e. The molecule has 132 valence electrons. The Kier molecular flexibility index (Phi) is 5.71. The fourth-order valence-electron chi connectivity index (χ4n) is 4.35. The van der Waals surface area contributed by atoms with Gasteiger partial charge in [0.25, 0.3) is 0 Å². The van der Waals surface area contributed by atoms with E-state index in [0.717, 1.165) is 38.5 Å². The summed E-state index contributed by atoms with van der Waals surface area (Å²) in [7, 11) is 0. The summed E-state index contributed by atoms with van der Waals surface area (Å²) in [5.74, 6) is -0.946. The van der Waals surface area contributed by atoms with Gasteiger partial charge in [0.1, 0.15) is 0 Å². The molecule has 0 aromatic rings. The van der Waals surface area contributed by atoms with Crippen molar-refractivity contribution in [2.24, 2.45) is 0 Å². The summed E-state index contributed by atoms with van der Waals surface area (Å²) >= 11 is 0. The molecule has 0 aromatic heterocycles. The van der Waals surface area contributed by atoms with Crippen LogP contribution < -0.4 is 16.0 Å². The standard InChI is InChI=1S/C18H33N3O2/c1-17(2)11-14(12-18(3,4)21-17)20-16(23)15(22)19-13-9-7-5-6-8-10-13/h13-14,21H,5-12H2,1-4H3,(H,19,22)(H,20,23). The Morgan fingerprint density at radius 3 is 1.70 bits per heavy atom. The fraction of sp³-hybridized carbons (Fsp3) is 0.889. The zero-order valence-electron chi connectivity index (χ0n) is 15.1. The molecule has 2 fully saturated rings. The Labute approximate surface area is 140 Å². The van der Waals surface area contributed by atoms with Crippen LogP contribution in [0.4, 0.5) is 0 Å². The van der Waals surface area contributed by atoms with Crippen molar-refractivity contribution in [2.45, 2.75) is 102 Å². The molecule has 5 nitrogen and oxygen atoms in total. The molecule has 2 rings (SSSR count). The molecule has 0 aromatic carbocycles. The Bertz CT molecular complexity index is 422. The van der Waals surface area contributed by atoms with Gasteiger partial charge in [-0.3, -0.25) is 9.59 Å². The number of carbonyl (C=O) groups is 2. The van der Waals surface area contributed by atoms with E-state index in [9.17, 15) is 9.59 Å². The first kappa shape index (κ1) is 18.2. The Balaban J connectivity index is 1.86. The van der Waals surface area contributed by atoms with Crippen molar-refractivity contribution < 1.29 is 9.59 Å². The van der Waals surface area contributed by atoms with Gasteiger partial charge in [-0.2, -0.15) is 0 Å². The summed E-state index contributed by atoms with van der Waals surface area (Å²) in [6, 6.07) is 0.199. The van der Waals surface area contributed by atoms with E-state index >= 15 is 0 Å². The molecule has 5 heteroatoms. The van der Waals surface area contributed by atoms with Crippen molar-refractivity contribution in [3.05, 3.63) is 0 Å². The van der Waals surface area contributed by atoms with E-state index in [4.69, 9.17) is 0 Å². The lowest BCUT2D eigenvalue weighted by molar-refractivity contribution is -0.140. The van der Waals surface area contributed by atoms with Crippen molar-refractivity contribution >= 4 is 11.8 Å². The molecule has 0 spiro atoms. The normalized spacial score (nSPS) is 25.4. The summed E-state index contributed by atoms with van der Waals surface area (Å²) < 4.78 is 0. The van der Waals surface area contributed by atoms with E-state index in [-0.39, 0.29) is 23.2 Å². The lowest BCUT2D eigenvalue weighted by Gasteiger charge is -2.46. The van der Waals surface area contributed by atoms with Gasteiger partial charge in [-0.15, -0.1) is 0 Å². The van der Waals surface area contributed by atoms with E-state index in [1.165, 1.54) is 12.8 Å². The molecule has 2 aliphatic rings. The van der Waals surface area contributed by atoms with Crippen LogP contribution in [0.15, 0.2) is 0 Å². The molecule has 23 heavy (non-hydrogen) atoms. The molecule has 3 N–H and O–H groups in total. The second kappa shape index (κ2) is 7.20. The fourth-order valence-corrected chi connectivity index (χ4v) is 4.35. The number of carbonyl (C=O) groups excluding carboxylic acids is 2. The third kappa shape index (κ3) is 5.79. The van der Waals surface area contributed by atoms with Gasteiger partial charge >= 0.3 is 11.8 Å². The lowest BCUT2D eigenvalue weighted by atomic mass is 9.79. The van der Waals surface area contributed by atoms with Crippen LogP contribution in [0.25, 0.3) is 0 Å². The Morgan fingerprint density at radius 1 is 0.783 bits per heavy atom. The van der Waals surface area contributed by atoms with E-state index in [0.29, 0.717) is 0 Å². The minimum atomic E-state index is -0.479. The van der Waals surface area contributed by atoms with E-state index in [2.05, 4.69) is 43.6 Å². The third-order valence-electron chi connectivity index (χ3n) is 4.92. The lowest BCUT2D eigenvalue weighted by Crippen LogP contribution is -2.63. The first-order valence-electron chi connectivity index (χ1n) is 9.08. The van der Waals surface area contributed by atoms with Gasteiger partial charge in [-0.1, -0.05) is 25.7 Å². The largest absolute Gasteiger partial charge is 0.345 e. The van der Waals surface area contributed by atoms with Crippen molar-refractivity contribution in [3.8, 4) is 0 Å². The molecule has 1 heterocycles. The SMILES string of the molecule is CC1(C)CC(NC(=O)C(=O)NC2CCCCCC2)CC(C)(C)N1. The zero-order valence-corrected chi connectivity index (χ0v) is 15.1. The van der Waals surface area contributed by atoms with Crippen LogP contribution in [-0.2, 0) is 9.59 Å². The van der Waals surface area contributed by atoms with Crippen LogP contribution in [-0.4, -0.2) is 35.0 Å². The maximum atomic E-state index is 12.2. The highest BCUT2D eigenvalue weighted by Gasteiger charge is 2.38. The molecule has 0 bridgehead atoms. The summed E-state index contributed by atoms with van der Waals surface area (Å²) in [4.78, 5) is 24.4. The van der Waals surface area contributed by atoms with Crippen LogP contribution >= 0.6 is 0 Å². The van der Waals surface area contributed by atoms with Crippen LogP contribution in [0.3, 0.4) is 0 Å². The molecule has 1 aliphatic heterocycles. The second-order valence-electron chi connectivity index (χ2n) is 8.63. The summed E-state index contributed by atoms with van der Waals surface area (Å²) in [6.07, 6.45) is 8.40. The molecule has 1 saturated heterocycles. The van der Waals surface area contributed by atoms with Gasteiger partial charge < -0.3 is 16.0 Å². The number of amides is 2. The zero-order chi connectivity index (χ0) is 17.1. The predicted octanol–water partition coefficient (Wildman–Crippen LogP) is 2.25. The second-order valence-corrected chi connectivity index (χ2v) is 8.63.